The normalized spacial score (nSPS) is 11.3. The fourth-order valence-corrected chi connectivity index (χ4v) is 2.88. The van der Waals surface area contributed by atoms with Crippen LogP contribution < -0.4 is 5.73 Å². The molecule has 0 saturated carbocycles. The number of fused-ring (bicyclic) bond motifs is 2. The van der Waals surface area contributed by atoms with Crippen molar-refractivity contribution in [1.82, 2.24) is 4.98 Å². The Morgan fingerprint density at radius 1 is 0.952 bits per heavy atom. The molecule has 2 N–H and O–H groups in total. The molecule has 0 amide bonds. The Bertz CT molecular complexity index is 762. The van der Waals surface area contributed by atoms with Crippen LogP contribution >= 0.6 is 0 Å². The minimum atomic E-state index is 0.795. The Kier molecular flexibility index (Phi) is 4.05. The van der Waals surface area contributed by atoms with Gasteiger partial charge in [-0.15, -0.1) is 0 Å². The summed E-state index contributed by atoms with van der Waals surface area (Å²) in [6, 6.07) is 14.7. The number of anilines is 1. The predicted octanol–water partition coefficient (Wildman–Crippen LogP) is 5.09. The van der Waals surface area contributed by atoms with Gasteiger partial charge >= 0.3 is 0 Å². The molecule has 0 unspecified atom stereocenters. The van der Waals surface area contributed by atoms with Crippen LogP contribution in [-0.2, 0) is 6.42 Å². The number of rotatable bonds is 5. The van der Waals surface area contributed by atoms with E-state index < -0.39 is 0 Å². The summed E-state index contributed by atoms with van der Waals surface area (Å²) in [7, 11) is 0. The topological polar surface area (TPSA) is 38.9 Å². The number of aromatic nitrogens is 1. The van der Waals surface area contributed by atoms with Crippen molar-refractivity contribution in [3.8, 4) is 0 Å². The van der Waals surface area contributed by atoms with Gasteiger partial charge in [-0.2, -0.15) is 0 Å². The Hall–Kier alpha value is -2.09. The number of pyridine rings is 1. The van der Waals surface area contributed by atoms with Crippen LogP contribution in [0.1, 0.15) is 38.2 Å². The highest BCUT2D eigenvalue weighted by Gasteiger charge is 2.05. The molecule has 2 nitrogen and oxygen atoms in total. The molecule has 0 fully saturated rings. The van der Waals surface area contributed by atoms with Gasteiger partial charge in [0.1, 0.15) is 0 Å². The molecule has 3 aromatic rings. The van der Waals surface area contributed by atoms with Crippen LogP contribution in [0.4, 0.5) is 5.69 Å². The standard InChI is InChI=1S/C19H22N2/c1-2-3-4-5-8-14-11-16-13-15-9-6-7-10-18(15)21-19(16)17(20)12-14/h6-7,9-13H,2-5,8,20H2,1H3. The second kappa shape index (κ2) is 6.13. The number of nitrogens with two attached hydrogens (primary N) is 1. The number of para-hydroxylation sites is 1. The first kappa shape index (κ1) is 13.9. The third-order valence-corrected chi connectivity index (χ3v) is 4.03. The Morgan fingerprint density at radius 2 is 1.81 bits per heavy atom. The van der Waals surface area contributed by atoms with Crippen molar-refractivity contribution < 1.29 is 0 Å². The molecule has 0 bridgehead atoms. The van der Waals surface area contributed by atoms with Gasteiger partial charge in [0.25, 0.3) is 0 Å². The van der Waals surface area contributed by atoms with Crippen molar-refractivity contribution in [2.24, 2.45) is 0 Å². The Labute approximate surface area is 126 Å². The van der Waals surface area contributed by atoms with Crippen LogP contribution in [0, 0.1) is 0 Å². The first-order chi connectivity index (χ1) is 10.3. The van der Waals surface area contributed by atoms with E-state index in [0.717, 1.165) is 28.5 Å². The second-order valence-electron chi connectivity index (χ2n) is 5.75. The smallest absolute Gasteiger partial charge is 0.0939 e. The van der Waals surface area contributed by atoms with Crippen molar-refractivity contribution >= 4 is 27.5 Å². The largest absolute Gasteiger partial charge is 0.397 e. The fourth-order valence-electron chi connectivity index (χ4n) is 2.88. The lowest BCUT2D eigenvalue weighted by molar-refractivity contribution is 0.667. The van der Waals surface area contributed by atoms with Crippen LogP contribution in [0.15, 0.2) is 42.5 Å². The van der Waals surface area contributed by atoms with E-state index in [1.807, 2.05) is 18.2 Å². The number of aryl methyl sites for hydroxylation is 1. The Balaban J connectivity index is 1.96. The zero-order chi connectivity index (χ0) is 14.7. The zero-order valence-electron chi connectivity index (χ0n) is 12.6. The molecule has 0 radical (unpaired) electrons. The molecule has 0 saturated heterocycles. The first-order valence-corrected chi connectivity index (χ1v) is 7.86. The summed E-state index contributed by atoms with van der Waals surface area (Å²) in [4.78, 5) is 4.70. The maximum absolute atomic E-state index is 6.22. The van der Waals surface area contributed by atoms with E-state index in [1.54, 1.807) is 0 Å². The third kappa shape index (κ3) is 2.99. The average Bonchev–Trinajstić information content (AvgIpc) is 2.50. The molecule has 2 aromatic carbocycles. The maximum atomic E-state index is 6.22. The van der Waals surface area contributed by atoms with E-state index in [1.165, 1.54) is 36.6 Å². The van der Waals surface area contributed by atoms with Gasteiger partial charge in [0.2, 0.25) is 0 Å². The minimum Gasteiger partial charge on any atom is -0.397 e. The number of hydrogen-bond acceptors (Lipinski definition) is 2. The van der Waals surface area contributed by atoms with Crippen LogP contribution in [0.5, 0.6) is 0 Å². The molecule has 0 aliphatic rings. The molecule has 2 heteroatoms. The number of nitrogen functional groups attached to an aromatic ring is 1. The van der Waals surface area contributed by atoms with Gasteiger partial charge in [-0.25, -0.2) is 4.98 Å². The van der Waals surface area contributed by atoms with Crippen molar-refractivity contribution in [3.05, 3.63) is 48.0 Å². The highest BCUT2D eigenvalue weighted by atomic mass is 14.7. The van der Waals surface area contributed by atoms with E-state index in [0.29, 0.717) is 0 Å². The summed E-state index contributed by atoms with van der Waals surface area (Å²) >= 11 is 0. The number of nitrogens with zero attached hydrogens (tertiary/aromatic N) is 1. The molecule has 0 atom stereocenters. The van der Waals surface area contributed by atoms with Crippen LogP contribution in [0.25, 0.3) is 21.8 Å². The molecule has 1 heterocycles. The highest BCUT2D eigenvalue weighted by Crippen LogP contribution is 2.26. The van der Waals surface area contributed by atoms with E-state index in [-0.39, 0.29) is 0 Å². The van der Waals surface area contributed by atoms with E-state index in [4.69, 9.17) is 10.7 Å². The van der Waals surface area contributed by atoms with Gasteiger partial charge in [0.15, 0.2) is 0 Å². The fraction of sp³-hybridized carbons (Fsp3) is 0.316. The lowest BCUT2D eigenvalue weighted by Crippen LogP contribution is -1.94. The maximum Gasteiger partial charge on any atom is 0.0939 e. The summed E-state index contributed by atoms with van der Waals surface area (Å²) in [6.07, 6.45) is 6.22. The SMILES string of the molecule is CCCCCCc1cc(N)c2nc3ccccc3cc2c1. The Morgan fingerprint density at radius 3 is 2.67 bits per heavy atom. The lowest BCUT2D eigenvalue weighted by Gasteiger charge is -2.08. The van der Waals surface area contributed by atoms with E-state index in [2.05, 4.69) is 31.2 Å². The monoisotopic (exact) mass is 278 g/mol. The van der Waals surface area contributed by atoms with Crippen LogP contribution in [0.2, 0.25) is 0 Å². The van der Waals surface area contributed by atoms with Gasteiger partial charge < -0.3 is 5.73 Å². The second-order valence-corrected chi connectivity index (χ2v) is 5.75. The summed E-state index contributed by atoms with van der Waals surface area (Å²) in [5, 5.41) is 2.33. The zero-order valence-corrected chi connectivity index (χ0v) is 12.6. The highest BCUT2D eigenvalue weighted by molar-refractivity contribution is 5.98. The van der Waals surface area contributed by atoms with Crippen molar-refractivity contribution in [2.75, 3.05) is 5.73 Å². The van der Waals surface area contributed by atoms with Gasteiger partial charge in [-0.1, -0.05) is 44.4 Å². The lowest BCUT2D eigenvalue weighted by atomic mass is 10.0. The quantitative estimate of drug-likeness (QED) is 0.401. The molecule has 3 rings (SSSR count). The van der Waals surface area contributed by atoms with Crippen LogP contribution in [-0.4, -0.2) is 4.98 Å². The molecular weight excluding hydrogens is 256 g/mol. The molecule has 1 aromatic heterocycles. The number of unbranched alkanes of at least 4 members (excludes halogenated alkanes) is 3. The molecule has 0 spiro atoms. The molecule has 0 aliphatic carbocycles. The summed E-state index contributed by atoms with van der Waals surface area (Å²) in [5.74, 6) is 0. The average molecular weight is 278 g/mol. The van der Waals surface area contributed by atoms with Crippen molar-refractivity contribution in [3.63, 3.8) is 0 Å². The van der Waals surface area contributed by atoms with E-state index in [9.17, 15) is 0 Å². The number of hydrogen-bond donors (Lipinski definition) is 1. The molecular formula is C19H22N2. The van der Waals surface area contributed by atoms with Crippen LogP contribution in [0.3, 0.4) is 0 Å². The molecule has 21 heavy (non-hydrogen) atoms. The van der Waals surface area contributed by atoms with Crippen molar-refractivity contribution in [1.29, 1.82) is 0 Å². The van der Waals surface area contributed by atoms with Gasteiger partial charge in [0.05, 0.1) is 16.7 Å². The predicted molar refractivity (Wildman–Crippen MR) is 91.5 cm³/mol. The van der Waals surface area contributed by atoms with Gasteiger partial charge in [0, 0.05) is 10.8 Å². The summed E-state index contributed by atoms with van der Waals surface area (Å²) < 4.78 is 0. The van der Waals surface area contributed by atoms with Crippen molar-refractivity contribution in [2.45, 2.75) is 39.0 Å². The first-order valence-electron chi connectivity index (χ1n) is 7.86. The third-order valence-electron chi connectivity index (χ3n) is 4.03. The summed E-state index contributed by atoms with van der Waals surface area (Å²) in [6.45, 7) is 2.24. The summed E-state index contributed by atoms with van der Waals surface area (Å²) in [5.41, 5.74) is 10.3. The molecule has 108 valence electrons. The minimum absolute atomic E-state index is 0.795. The van der Waals surface area contributed by atoms with Gasteiger partial charge in [-0.3, -0.25) is 0 Å². The van der Waals surface area contributed by atoms with E-state index >= 15 is 0 Å². The number of benzene rings is 2. The van der Waals surface area contributed by atoms with Gasteiger partial charge in [-0.05, 0) is 42.7 Å². The molecule has 0 aliphatic heterocycles.